The molecule has 2 aromatic heterocycles. The molecule has 1 N–H and O–H groups in total. The summed E-state index contributed by atoms with van der Waals surface area (Å²) in [5.74, 6) is 0.447. The van der Waals surface area contributed by atoms with E-state index < -0.39 is 0 Å². The van der Waals surface area contributed by atoms with Crippen LogP contribution in [-0.2, 0) is 17.9 Å². The maximum atomic E-state index is 12.0. The first-order chi connectivity index (χ1) is 11.6. The van der Waals surface area contributed by atoms with Crippen LogP contribution in [-0.4, -0.2) is 38.5 Å². The summed E-state index contributed by atoms with van der Waals surface area (Å²) in [5, 5.41) is 2.77. The molecule has 0 bridgehead atoms. The minimum absolute atomic E-state index is 0.0593. The molecule has 0 aliphatic carbocycles. The fraction of sp³-hybridized carbons (Fsp3) is 0.438. The summed E-state index contributed by atoms with van der Waals surface area (Å²) in [6.07, 6.45) is 5.40. The third kappa shape index (κ3) is 3.95. The standard InChI is InChI=1S/C16H20N6O2/c1-12-8-15(24)22(11-19-12)10-14(23)18-9-13-4-5-17-16(20-13)21-6-2-3-7-21/h4-5,8,11H,2-3,6-7,9-10H2,1H3,(H,18,23). The first-order valence-electron chi connectivity index (χ1n) is 7.98. The van der Waals surface area contributed by atoms with Crippen molar-refractivity contribution in [1.29, 1.82) is 0 Å². The number of carbonyl (C=O) groups excluding carboxylic acids is 1. The van der Waals surface area contributed by atoms with Crippen molar-refractivity contribution < 1.29 is 4.79 Å². The van der Waals surface area contributed by atoms with Gasteiger partial charge in [-0.1, -0.05) is 0 Å². The van der Waals surface area contributed by atoms with Crippen LogP contribution in [0.5, 0.6) is 0 Å². The van der Waals surface area contributed by atoms with Crippen molar-refractivity contribution in [2.45, 2.75) is 32.9 Å². The highest BCUT2D eigenvalue weighted by atomic mass is 16.2. The van der Waals surface area contributed by atoms with Crippen molar-refractivity contribution in [2.75, 3.05) is 18.0 Å². The van der Waals surface area contributed by atoms with Crippen LogP contribution in [0.4, 0.5) is 5.95 Å². The Morgan fingerprint density at radius 3 is 2.83 bits per heavy atom. The Morgan fingerprint density at radius 2 is 2.08 bits per heavy atom. The Balaban J connectivity index is 1.58. The highest BCUT2D eigenvalue weighted by molar-refractivity contribution is 5.75. The lowest BCUT2D eigenvalue weighted by Gasteiger charge is -2.15. The number of nitrogens with one attached hydrogen (secondary N) is 1. The van der Waals surface area contributed by atoms with E-state index in [1.807, 2.05) is 0 Å². The minimum atomic E-state index is -0.260. The number of carbonyl (C=O) groups is 1. The molecule has 3 heterocycles. The van der Waals surface area contributed by atoms with Crippen LogP contribution in [0.3, 0.4) is 0 Å². The second-order valence-corrected chi connectivity index (χ2v) is 5.82. The molecule has 2 aromatic rings. The van der Waals surface area contributed by atoms with Gasteiger partial charge in [-0.2, -0.15) is 0 Å². The molecule has 1 saturated heterocycles. The number of amides is 1. The number of rotatable bonds is 5. The van der Waals surface area contributed by atoms with Gasteiger partial charge in [0.2, 0.25) is 11.9 Å². The number of hydrogen-bond acceptors (Lipinski definition) is 6. The number of aromatic nitrogens is 4. The maximum absolute atomic E-state index is 12.0. The van der Waals surface area contributed by atoms with E-state index in [1.165, 1.54) is 17.0 Å². The van der Waals surface area contributed by atoms with Gasteiger partial charge in [-0.15, -0.1) is 0 Å². The molecule has 8 heteroatoms. The van der Waals surface area contributed by atoms with Crippen LogP contribution in [0.2, 0.25) is 0 Å². The van der Waals surface area contributed by atoms with Crippen molar-refractivity contribution in [3.8, 4) is 0 Å². The molecule has 24 heavy (non-hydrogen) atoms. The first-order valence-corrected chi connectivity index (χ1v) is 7.98. The van der Waals surface area contributed by atoms with E-state index in [2.05, 4.69) is 25.2 Å². The predicted molar refractivity (Wildman–Crippen MR) is 88.6 cm³/mol. The van der Waals surface area contributed by atoms with Gasteiger partial charge in [0.25, 0.3) is 5.56 Å². The fourth-order valence-electron chi connectivity index (χ4n) is 2.59. The molecule has 0 atom stereocenters. The smallest absolute Gasteiger partial charge is 0.253 e. The van der Waals surface area contributed by atoms with Gasteiger partial charge in [-0.3, -0.25) is 14.2 Å². The summed E-state index contributed by atoms with van der Waals surface area (Å²) < 4.78 is 1.28. The lowest BCUT2D eigenvalue weighted by atomic mass is 10.4. The molecule has 0 aromatic carbocycles. The van der Waals surface area contributed by atoms with E-state index >= 15 is 0 Å². The third-order valence-electron chi connectivity index (χ3n) is 3.89. The van der Waals surface area contributed by atoms with Crippen molar-refractivity contribution in [1.82, 2.24) is 24.8 Å². The highest BCUT2D eigenvalue weighted by Gasteiger charge is 2.15. The van der Waals surface area contributed by atoms with E-state index in [-0.39, 0.29) is 18.0 Å². The van der Waals surface area contributed by atoms with Gasteiger partial charge in [-0.25, -0.2) is 15.0 Å². The summed E-state index contributed by atoms with van der Waals surface area (Å²) in [6.45, 7) is 3.92. The average molecular weight is 328 g/mol. The van der Waals surface area contributed by atoms with Crippen LogP contribution in [0.25, 0.3) is 0 Å². The molecular weight excluding hydrogens is 308 g/mol. The SMILES string of the molecule is Cc1cc(=O)n(CC(=O)NCc2ccnc(N3CCCC3)n2)cn1. The molecule has 0 spiro atoms. The number of hydrogen-bond donors (Lipinski definition) is 1. The molecule has 1 aliphatic heterocycles. The zero-order valence-electron chi connectivity index (χ0n) is 13.6. The second kappa shape index (κ2) is 7.20. The van der Waals surface area contributed by atoms with E-state index in [4.69, 9.17) is 0 Å². The average Bonchev–Trinajstić information content (AvgIpc) is 3.10. The maximum Gasteiger partial charge on any atom is 0.253 e. The van der Waals surface area contributed by atoms with Gasteiger partial charge in [-0.05, 0) is 25.8 Å². The Bertz CT molecular complexity index is 782. The van der Waals surface area contributed by atoms with Gasteiger partial charge in [0.05, 0.1) is 18.6 Å². The summed E-state index contributed by atoms with van der Waals surface area (Å²) in [5.41, 5.74) is 1.14. The van der Waals surface area contributed by atoms with E-state index in [1.54, 1.807) is 19.2 Å². The topological polar surface area (TPSA) is 93.0 Å². The Morgan fingerprint density at radius 1 is 1.29 bits per heavy atom. The molecule has 1 fully saturated rings. The molecule has 1 aliphatic rings. The van der Waals surface area contributed by atoms with Crippen molar-refractivity contribution in [3.63, 3.8) is 0 Å². The van der Waals surface area contributed by atoms with Gasteiger partial charge in [0.15, 0.2) is 0 Å². The van der Waals surface area contributed by atoms with Crippen LogP contribution in [0.15, 0.2) is 29.5 Å². The van der Waals surface area contributed by atoms with Gasteiger partial charge in [0.1, 0.15) is 6.54 Å². The Kier molecular flexibility index (Phi) is 4.83. The van der Waals surface area contributed by atoms with Gasteiger partial charge in [0, 0.05) is 31.0 Å². The van der Waals surface area contributed by atoms with Crippen molar-refractivity contribution in [3.05, 3.63) is 46.4 Å². The molecule has 8 nitrogen and oxygen atoms in total. The zero-order chi connectivity index (χ0) is 16.9. The van der Waals surface area contributed by atoms with Crippen LogP contribution in [0, 0.1) is 6.92 Å². The summed E-state index contributed by atoms with van der Waals surface area (Å²) in [6, 6.07) is 3.18. The van der Waals surface area contributed by atoms with Crippen LogP contribution in [0.1, 0.15) is 24.2 Å². The lowest BCUT2D eigenvalue weighted by Crippen LogP contribution is -2.32. The van der Waals surface area contributed by atoms with Crippen LogP contribution < -0.4 is 15.8 Å². The first kappa shape index (κ1) is 16.1. The number of anilines is 1. The van der Waals surface area contributed by atoms with Gasteiger partial charge < -0.3 is 10.2 Å². The quantitative estimate of drug-likeness (QED) is 0.846. The lowest BCUT2D eigenvalue weighted by molar-refractivity contribution is -0.121. The monoisotopic (exact) mass is 328 g/mol. The Labute approximate surface area is 139 Å². The highest BCUT2D eigenvalue weighted by Crippen LogP contribution is 2.15. The van der Waals surface area contributed by atoms with Gasteiger partial charge >= 0.3 is 0 Å². The molecule has 3 rings (SSSR count). The Hall–Kier alpha value is -2.77. The van der Waals surface area contributed by atoms with E-state index in [0.717, 1.165) is 31.6 Å². The normalized spacial score (nSPS) is 14.0. The largest absolute Gasteiger partial charge is 0.349 e. The summed E-state index contributed by atoms with van der Waals surface area (Å²) in [4.78, 5) is 38.7. The zero-order valence-corrected chi connectivity index (χ0v) is 13.6. The minimum Gasteiger partial charge on any atom is -0.349 e. The molecule has 0 unspecified atom stereocenters. The third-order valence-corrected chi connectivity index (χ3v) is 3.89. The van der Waals surface area contributed by atoms with Crippen LogP contribution >= 0.6 is 0 Å². The van der Waals surface area contributed by atoms with E-state index in [0.29, 0.717) is 18.2 Å². The molecular formula is C16H20N6O2. The van der Waals surface area contributed by atoms with E-state index in [9.17, 15) is 9.59 Å². The van der Waals surface area contributed by atoms with Crippen molar-refractivity contribution >= 4 is 11.9 Å². The number of nitrogens with zero attached hydrogens (tertiary/aromatic N) is 5. The summed E-state index contributed by atoms with van der Waals surface area (Å²) in [7, 11) is 0. The summed E-state index contributed by atoms with van der Waals surface area (Å²) >= 11 is 0. The number of aryl methyl sites for hydroxylation is 1. The molecule has 0 saturated carbocycles. The molecule has 126 valence electrons. The van der Waals surface area contributed by atoms with Crippen molar-refractivity contribution in [2.24, 2.45) is 0 Å². The fourth-order valence-corrected chi connectivity index (χ4v) is 2.59. The molecule has 1 amide bonds. The second-order valence-electron chi connectivity index (χ2n) is 5.82. The predicted octanol–water partition coefficient (Wildman–Crippen LogP) is 0.258. The molecule has 0 radical (unpaired) electrons.